The summed E-state index contributed by atoms with van der Waals surface area (Å²) in [6.07, 6.45) is -2.19. The quantitative estimate of drug-likeness (QED) is 0.341. The van der Waals surface area contributed by atoms with E-state index in [-0.39, 0.29) is 12.6 Å². The zero-order chi connectivity index (χ0) is 22.0. The number of alkyl halides is 3. The van der Waals surface area contributed by atoms with Gasteiger partial charge in [-0.1, -0.05) is 29.5 Å². The molecule has 2 aromatic carbocycles. The summed E-state index contributed by atoms with van der Waals surface area (Å²) >= 11 is 1.41. The van der Waals surface area contributed by atoms with Gasteiger partial charge in [0.2, 0.25) is 0 Å². The van der Waals surface area contributed by atoms with Gasteiger partial charge in [-0.15, -0.1) is 0 Å². The van der Waals surface area contributed by atoms with Crippen LogP contribution >= 0.6 is 11.3 Å². The molecule has 162 valence electrons. The van der Waals surface area contributed by atoms with Crippen molar-refractivity contribution in [2.45, 2.75) is 25.2 Å². The van der Waals surface area contributed by atoms with E-state index in [0.29, 0.717) is 23.8 Å². The lowest BCUT2D eigenvalue weighted by molar-refractivity contribution is -0.137. The number of H-pyrrole nitrogens is 1. The summed E-state index contributed by atoms with van der Waals surface area (Å²) in [5.41, 5.74) is 8.61. The van der Waals surface area contributed by atoms with Gasteiger partial charge in [-0.05, 0) is 41.8 Å². The number of aliphatic hydroxyl groups excluding tert-OH is 1. The maximum atomic E-state index is 12.7. The van der Waals surface area contributed by atoms with Gasteiger partial charge in [0.05, 0.1) is 34.5 Å². The van der Waals surface area contributed by atoms with Gasteiger partial charge in [-0.2, -0.15) is 18.3 Å². The Morgan fingerprint density at radius 1 is 1.16 bits per heavy atom. The van der Waals surface area contributed by atoms with Gasteiger partial charge in [-0.3, -0.25) is 5.10 Å². The normalized spacial score (nSPS) is 12.9. The number of nitrogens with two attached hydrogens (primary N) is 1. The van der Waals surface area contributed by atoms with E-state index in [4.69, 9.17) is 5.73 Å². The molecule has 0 bridgehead atoms. The van der Waals surface area contributed by atoms with E-state index < -0.39 is 11.7 Å². The first-order chi connectivity index (χ1) is 14.8. The molecule has 0 amide bonds. The average molecular weight is 447 g/mol. The number of anilines is 1. The largest absolute Gasteiger partial charge is 0.416 e. The van der Waals surface area contributed by atoms with Crippen LogP contribution in [0.4, 0.5) is 18.3 Å². The monoisotopic (exact) mass is 447 g/mol. The van der Waals surface area contributed by atoms with Crippen LogP contribution in [0.15, 0.2) is 48.7 Å². The minimum absolute atomic E-state index is 0.200. The van der Waals surface area contributed by atoms with Crippen molar-refractivity contribution in [3.63, 3.8) is 0 Å². The second kappa shape index (κ2) is 8.66. The molecule has 0 aliphatic carbocycles. The van der Waals surface area contributed by atoms with E-state index in [1.807, 2.05) is 18.2 Å². The maximum Gasteiger partial charge on any atom is 0.416 e. The van der Waals surface area contributed by atoms with Crippen LogP contribution in [0.5, 0.6) is 0 Å². The molecular formula is C21H20F3N5OS. The van der Waals surface area contributed by atoms with E-state index in [0.717, 1.165) is 39.0 Å². The van der Waals surface area contributed by atoms with Crippen molar-refractivity contribution in [2.24, 2.45) is 5.73 Å². The first-order valence-electron chi connectivity index (χ1n) is 9.53. The molecule has 31 heavy (non-hydrogen) atoms. The number of nitrogens with one attached hydrogen (secondary N) is 2. The zero-order valence-electron chi connectivity index (χ0n) is 16.3. The van der Waals surface area contributed by atoms with Crippen LogP contribution in [0, 0.1) is 0 Å². The second-order valence-corrected chi connectivity index (χ2v) is 8.16. The number of thiazole rings is 1. The van der Waals surface area contributed by atoms with Crippen molar-refractivity contribution in [1.29, 1.82) is 0 Å². The lowest BCUT2D eigenvalue weighted by atomic mass is 10.0. The molecule has 2 heterocycles. The van der Waals surface area contributed by atoms with Gasteiger partial charge in [0.25, 0.3) is 0 Å². The van der Waals surface area contributed by atoms with Crippen LogP contribution in [0.2, 0.25) is 0 Å². The van der Waals surface area contributed by atoms with Crippen LogP contribution in [0.1, 0.15) is 16.8 Å². The Balaban J connectivity index is 1.41. The van der Waals surface area contributed by atoms with Gasteiger partial charge in [0.15, 0.2) is 5.13 Å². The number of nitrogens with zero attached hydrogens (tertiary/aromatic N) is 2. The Morgan fingerprint density at radius 2 is 1.94 bits per heavy atom. The molecule has 5 N–H and O–H groups in total. The Morgan fingerprint density at radius 3 is 2.65 bits per heavy atom. The number of aliphatic hydroxyl groups is 1. The molecule has 0 radical (unpaired) electrons. The summed E-state index contributed by atoms with van der Waals surface area (Å²) in [6, 6.07) is 10.5. The SMILES string of the molecule is N[C@@H](CNc1nc(CO)c(-c2ccc3[nH]ncc3c2)s1)Cc1ccc(C(F)(F)F)cc1. The van der Waals surface area contributed by atoms with E-state index in [1.165, 1.54) is 23.5 Å². The van der Waals surface area contributed by atoms with E-state index in [1.54, 1.807) is 6.20 Å². The number of hydrogen-bond acceptors (Lipinski definition) is 6. The lowest BCUT2D eigenvalue weighted by Gasteiger charge is -2.13. The van der Waals surface area contributed by atoms with Gasteiger partial charge >= 0.3 is 6.18 Å². The highest BCUT2D eigenvalue weighted by Crippen LogP contribution is 2.34. The number of hydrogen-bond donors (Lipinski definition) is 4. The molecular weight excluding hydrogens is 427 g/mol. The fraction of sp³-hybridized carbons (Fsp3) is 0.238. The third-order valence-corrected chi connectivity index (χ3v) is 5.95. The number of halogens is 3. The summed E-state index contributed by atoms with van der Waals surface area (Å²) in [7, 11) is 0. The fourth-order valence-electron chi connectivity index (χ4n) is 3.27. The van der Waals surface area contributed by atoms with Crippen LogP contribution < -0.4 is 11.1 Å². The molecule has 4 aromatic rings. The highest BCUT2D eigenvalue weighted by Gasteiger charge is 2.29. The molecule has 0 saturated heterocycles. The fourth-order valence-corrected chi connectivity index (χ4v) is 4.24. The highest BCUT2D eigenvalue weighted by atomic mass is 32.1. The smallest absolute Gasteiger partial charge is 0.390 e. The van der Waals surface area contributed by atoms with Crippen LogP contribution in [-0.4, -0.2) is 32.9 Å². The first-order valence-corrected chi connectivity index (χ1v) is 10.3. The predicted octanol–water partition coefficient (Wildman–Crippen LogP) is 4.18. The van der Waals surface area contributed by atoms with Crippen molar-refractivity contribution in [3.05, 3.63) is 65.5 Å². The third kappa shape index (κ3) is 4.87. The number of benzene rings is 2. The van der Waals surface area contributed by atoms with Gasteiger partial charge in [0.1, 0.15) is 0 Å². The molecule has 0 saturated carbocycles. The zero-order valence-corrected chi connectivity index (χ0v) is 17.1. The van der Waals surface area contributed by atoms with Crippen molar-refractivity contribution >= 4 is 27.4 Å². The molecule has 10 heteroatoms. The third-order valence-electron chi connectivity index (χ3n) is 4.84. The summed E-state index contributed by atoms with van der Waals surface area (Å²) < 4.78 is 38.0. The Kier molecular flexibility index (Phi) is 5.94. The van der Waals surface area contributed by atoms with Crippen molar-refractivity contribution < 1.29 is 18.3 Å². The molecule has 1 atom stereocenters. The topological polar surface area (TPSA) is 99.9 Å². The molecule has 2 aromatic heterocycles. The molecule has 6 nitrogen and oxygen atoms in total. The molecule has 0 aliphatic rings. The summed E-state index contributed by atoms with van der Waals surface area (Å²) in [4.78, 5) is 5.30. The number of fused-ring (bicyclic) bond motifs is 1. The van der Waals surface area contributed by atoms with Crippen LogP contribution in [0.3, 0.4) is 0 Å². The summed E-state index contributed by atoms with van der Waals surface area (Å²) in [5.74, 6) is 0. The number of rotatable bonds is 7. The second-order valence-electron chi connectivity index (χ2n) is 7.16. The van der Waals surface area contributed by atoms with E-state index >= 15 is 0 Å². The Bertz CT molecular complexity index is 1170. The Hall–Kier alpha value is -2.95. The van der Waals surface area contributed by atoms with Gasteiger partial charge in [-0.25, -0.2) is 4.98 Å². The minimum Gasteiger partial charge on any atom is -0.390 e. The standard InChI is InChI=1S/C21H20F3N5OS/c22-21(23,24)15-4-1-12(2-5-15)7-16(25)10-26-20-28-18(11-30)19(31-20)13-3-6-17-14(8-13)9-27-29-17/h1-6,8-9,16,30H,7,10-11,25H2,(H,26,28)(H,27,29)/t16-/m1/s1. The van der Waals surface area contributed by atoms with Crippen LogP contribution in [0.25, 0.3) is 21.3 Å². The summed E-state index contributed by atoms with van der Waals surface area (Å²) in [5, 5.41) is 21.4. The molecule has 0 aliphatic heterocycles. The predicted molar refractivity (Wildman–Crippen MR) is 115 cm³/mol. The van der Waals surface area contributed by atoms with Crippen molar-refractivity contribution in [3.8, 4) is 10.4 Å². The van der Waals surface area contributed by atoms with Gasteiger partial charge in [0, 0.05) is 18.0 Å². The number of aromatic amines is 1. The molecule has 4 rings (SSSR count). The van der Waals surface area contributed by atoms with Crippen molar-refractivity contribution in [2.75, 3.05) is 11.9 Å². The van der Waals surface area contributed by atoms with Crippen molar-refractivity contribution in [1.82, 2.24) is 15.2 Å². The van der Waals surface area contributed by atoms with Crippen LogP contribution in [-0.2, 0) is 19.2 Å². The maximum absolute atomic E-state index is 12.7. The van der Waals surface area contributed by atoms with E-state index in [9.17, 15) is 18.3 Å². The highest BCUT2D eigenvalue weighted by molar-refractivity contribution is 7.19. The van der Waals surface area contributed by atoms with Gasteiger partial charge < -0.3 is 16.2 Å². The molecule has 0 fully saturated rings. The average Bonchev–Trinajstić information content (AvgIpc) is 3.38. The minimum atomic E-state index is -4.35. The molecule has 0 unspecified atom stereocenters. The summed E-state index contributed by atoms with van der Waals surface area (Å²) in [6.45, 7) is 0.189. The molecule has 0 spiro atoms. The van der Waals surface area contributed by atoms with E-state index in [2.05, 4.69) is 20.5 Å². The lowest BCUT2D eigenvalue weighted by Crippen LogP contribution is -2.31. The first kappa shape index (κ1) is 21.3. The Labute approximate surface area is 179 Å². The number of aromatic nitrogens is 3.